The van der Waals surface area contributed by atoms with E-state index < -0.39 is 0 Å². The van der Waals surface area contributed by atoms with Gasteiger partial charge in [0.15, 0.2) is 5.58 Å². The normalized spacial score (nSPS) is 25.5. The van der Waals surface area contributed by atoms with E-state index in [9.17, 15) is 9.18 Å². The van der Waals surface area contributed by atoms with Crippen LogP contribution in [0, 0.1) is 17.7 Å². The quantitative estimate of drug-likeness (QED) is 0.930. The van der Waals surface area contributed by atoms with Crippen molar-refractivity contribution in [3.63, 3.8) is 0 Å². The van der Waals surface area contributed by atoms with Crippen molar-refractivity contribution in [3.8, 4) is 0 Å². The minimum absolute atomic E-state index is 0.0672. The maximum absolute atomic E-state index is 13.3. The van der Waals surface area contributed by atoms with E-state index in [1.807, 2.05) is 0 Å². The van der Waals surface area contributed by atoms with E-state index in [1.165, 1.54) is 12.1 Å². The molecule has 4 rings (SSSR count). The molecular formula is C17H20FN3O3. The van der Waals surface area contributed by atoms with Crippen LogP contribution in [0.2, 0.25) is 0 Å². The Hall–Kier alpha value is -2.15. The lowest BCUT2D eigenvalue weighted by Crippen LogP contribution is -2.42. The third kappa shape index (κ3) is 2.73. The first-order valence-electron chi connectivity index (χ1n) is 8.34. The highest BCUT2D eigenvalue weighted by Gasteiger charge is 2.39. The maximum atomic E-state index is 13.3. The number of hydrogen-bond donors (Lipinski definition) is 1. The van der Waals surface area contributed by atoms with Crippen molar-refractivity contribution in [2.24, 2.45) is 17.6 Å². The van der Waals surface area contributed by atoms with Gasteiger partial charge in [-0.25, -0.2) is 4.39 Å². The van der Waals surface area contributed by atoms with Gasteiger partial charge in [-0.15, -0.1) is 0 Å². The Kier molecular flexibility index (Phi) is 3.88. The molecule has 3 heterocycles. The number of hydrogen-bond acceptors (Lipinski definition) is 5. The maximum Gasteiger partial charge on any atom is 0.298 e. The fraction of sp³-hybridized carbons (Fsp3) is 0.529. The molecule has 2 N–H and O–H groups in total. The lowest BCUT2D eigenvalue weighted by molar-refractivity contribution is -0.124. The van der Waals surface area contributed by atoms with Crippen LogP contribution in [0.5, 0.6) is 0 Å². The zero-order chi connectivity index (χ0) is 16.7. The van der Waals surface area contributed by atoms with Gasteiger partial charge in [-0.2, -0.15) is 4.98 Å². The summed E-state index contributed by atoms with van der Waals surface area (Å²) in [4.78, 5) is 18.0. The molecule has 1 aromatic carbocycles. The minimum atomic E-state index is -0.322. The van der Waals surface area contributed by atoms with Gasteiger partial charge in [-0.1, -0.05) is 0 Å². The zero-order valence-corrected chi connectivity index (χ0v) is 13.3. The van der Waals surface area contributed by atoms with Gasteiger partial charge in [-0.05, 0) is 37.3 Å². The summed E-state index contributed by atoms with van der Waals surface area (Å²) in [7, 11) is 0. The van der Waals surface area contributed by atoms with Crippen molar-refractivity contribution in [3.05, 3.63) is 24.0 Å². The molecule has 2 aliphatic rings. The summed E-state index contributed by atoms with van der Waals surface area (Å²) in [6.07, 6.45) is 2.43. The van der Waals surface area contributed by atoms with Crippen LogP contribution in [0.15, 0.2) is 22.6 Å². The number of aromatic nitrogens is 1. The van der Waals surface area contributed by atoms with Gasteiger partial charge >= 0.3 is 0 Å². The highest BCUT2D eigenvalue weighted by Crippen LogP contribution is 2.34. The third-order valence-corrected chi connectivity index (χ3v) is 5.11. The summed E-state index contributed by atoms with van der Waals surface area (Å²) in [5.74, 6) is -0.435. The Bertz CT molecular complexity index is 755. The standard InChI is InChI=1S/C17H20FN3O3/c18-11-1-2-14-13(9-11)20-17(24-14)21-6-3-10(4-7-21)15-12(16(19)22)5-8-23-15/h1-2,9-10,12,15H,3-8H2,(H2,19,22)/t12-,15+/m0/s1. The lowest BCUT2D eigenvalue weighted by Gasteiger charge is -2.34. The number of halogens is 1. The molecule has 7 heteroatoms. The molecule has 128 valence electrons. The zero-order valence-electron chi connectivity index (χ0n) is 13.3. The average molecular weight is 333 g/mol. The first-order chi connectivity index (χ1) is 11.6. The summed E-state index contributed by atoms with van der Waals surface area (Å²) in [6, 6.07) is 4.86. The molecule has 0 spiro atoms. The fourth-order valence-electron chi connectivity index (χ4n) is 3.82. The summed E-state index contributed by atoms with van der Waals surface area (Å²) in [5, 5.41) is 0. The molecule has 24 heavy (non-hydrogen) atoms. The number of oxazole rings is 1. The van der Waals surface area contributed by atoms with Gasteiger partial charge < -0.3 is 19.8 Å². The summed E-state index contributed by atoms with van der Waals surface area (Å²) in [5.41, 5.74) is 6.60. The van der Waals surface area contributed by atoms with Crippen LogP contribution in [-0.4, -0.2) is 36.7 Å². The first-order valence-corrected chi connectivity index (χ1v) is 8.34. The van der Waals surface area contributed by atoms with Crippen LogP contribution in [0.1, 0.15) is 19.3 Å². The second kappa shape index (κ2) is 6.05. The van der Waals surface area contributed by atoms with Crippen LogP contribution in [0.3, 0.4) is 0 Å². The van der Waals surface area contributed by atoms with Gasteiger partial charge in [0.2, 0.25) is 5.91 Å². The van der Waals surface area contributed by atoms with E-state index in [4.69, 9.17) is 14.9 Å². The van der Waals surface area contributed by atoms with Crippen molar-refractivity contribution in [1.82, 2.24) is 4.98 Å². The van der Waals surface area contributed by atoms with Gasteiger partial charge in [0.05, 0.1) is 12.0 Å². The molecule has 1 amide bonds. The van der Waals surface area contributed by atoms with E-state index in [2.05, 4.69) is 9.88 Å². The molecular weight excluding hydrogens is 313 g/mol. The van der Waals surface area contributed by atoms with Crippen molar-refractivity contribution in [2.45, 2.75) is 25.4 Å². The topological polar surface area (TPSA) is 81.6 Å². The summed E-state index contributed by atoms with van der Waals surface area (Å²) < 4.78 is 24.8. The van der Waals surface area contributed by atoms with Crippen molar-refractivity contribution < 1.29 is 18.3 Å². The summed E-state index contributed by atoms with van der Waals surface area (Å²) in [6.45, 7) is 2.14. The molecule has 0 unspecified atom stereocenters. The number of fused-ring (bicyclic) bond motifs is 1. The Balaban J connectivity index is 1.44. The van der Waals surface area contributed by atoms with Crippen LogP contribution in [0.4, 0.5) is 10.4 Å². The van der Waals surface area contributed by atoms with Crippen LogP contribution < -0.4 is 10.6 Å². The molecule has 2 saturated heterocycles. The molecule has 2 atom stereocenters. The Morgan fingerprint density at radius 2 is 2.08 bits per heavy atom. The fourth-order valence-corrected chi connectivity index (χ4v) is 3.82. The molecule has 2 fully saturated rings. The Morgan fingerprint density at radius 3 is 2.83 bits per heavy atom. The van der Waals surface area contributed by atoms with E-state index in [0.717, 1.165) is 32.4 Å². The number of nitrogens with zero attached hydrogens (tertiary/aromatic N) is 2. The molecule has 2 aromatic rings. The van der Waals surface area contributed by atoms with Crippen molar-refractivity contribution in [1.29, 1.82) is 0 Å². The molecule has 0 radical (unpaired) electrons. The van der Waals surface area contributed by atoms with E-state index in [-0.39, 0.29) is 23.7 Å². The molecule has 1 aromatic heterocycles. The highest BCUT2D eigenvalue weighted by atomic mass is 19.1. The smallest absolute Gasteiger partial charge is 0.298 e. The van der Waals surface area contributed by atoms with Crippen LogP contribution >= 0.6 is 0 Å². The van der Waals surface area contributed by atoms with Crippen molar-refractivity contribution >= 4 is 23.0 Å². The van der Waals surface area contributed by atoms with Gasteiger partial charge in [0.25, 0.3) is 6.01 Å². The Morgan fingerprint density at radius 1 is 1.29 bits per heavy atom. The van der Waals surface area contributed by atoms with E-state index in [0.29, 0.717) is 29.6 Å². The molecule has 0 bridgehead atoms. The summed E-state index contributed by atoms with van der Waals surface area (Å²) >= 11 is 0. The van der Waals surface area contributed by atoms with Crippen molar-refractivity contribution in [2.75, 3.05) is 24.6 Å². The SMILES string of the molecule is NC(=O)[C@H]1CCO[C@@H]1C1CCN(c2nc3cc(F)ccc3o2)CC1. The van der Waals surface area contributed by atoms with Gasteiger partial charge in [0, 0.05) is 25.8 Å². The monoisotopic (exact) mass is 333 g/mol. The molecule has 2 aliphatic heterocycles. The van der Waals surface area contributed by atoms with E-state index >= 15 is 0 Å². The number of benzene rings is 1. The number of primary amides is 1. The number of nitrogens with two attached hydrogens (primary N) is 1. The average Bonchev–Trinajstić information content (AvgIpc) is 3.21. The second-order valence-electron chi connectivity index (χ2n) is 6.57. The highest BCUT2D eigenvalue weighted by molar-refractivity contribution is 5.77. The van der Waals surface area contributed by atoms with Gasteiger partial charge in [0.1, 0.15) is 11.3 Å². The second-order valence-corrected chi connectivity index (χ2v) is 6.57. The number of carbonyl (C=O) groups excluding carboxylic acids is 1. The molecule has 0 saturated carbocycles. The van der Waals surface area contributed by atoms with Crippen LogP contribution in [0.25, 0.3) is 11.1 Å². The number of amides is 1. The Labute approximate surface area is 138 Å². The third-order valence-electron chi connectivity index (χ3n) is 5.11. The van der Waals surface area contributed by atoms with E-state index in [1.54, 1.807) is 6.07 Å². The number of anilines is 1. The van der Waals surface area contributed by atoms with Gasteiger partial charge in [-0.3, -0.25) is 4.79 Å². The molecule has 6 nitrogen and oxygen atoms in total. The predicted molar refractivity (Wildman–Crippen MR) is 85.9 cm³/mol. The number of ether oxygens (including phenoxy) is 1. The molecule has 0 aliphatic carbocycles. The number of carbonyl (C=O) groups is 1. The number of piperidine rings is 1. The number of rotatable bonds is 3. The minimum Gasteiger partial charge on any atom is -0.423 e. The first kappa shape index (κ1) is 15.4. The predicted octanol–water partition coefficient (Wildman–Crippen LogP) is 2.07. The lowest BCUT2D eigenvalue weighted by atomic mass is 9.84. The largest absolute Gasteiger partial charge is 0.423 e. The van der Waals surface area contributed by atoms with Crippen LogP contribution in [-0.2, 0) is 9.53 Å².